The first kappa shape index (κ1) is 23.2. The van der Waals surface area contributed by atoms with Crippen molar-refractivity contribution in [2.45, 2.75) is 39.1 Å². The Morgan fingerprint density at radius 2 is 1.20 bits per heavy atom. The van der Waals surface area contributed by atoms with Crippen LogP contribution >= 0.6 is 0 Å². The molecule has 2 heterocycles. The van der Waals surface area contributed by atoms with Gasteiger partial charge in [-0.25, -0.2) is 18.3 Å². The molecule has 2 rings (SSSR count). The molecule has 0 aliphatic rings. The second-order valence-corrected chi connectivity index (χ2v) is 6.06. The molecule has 0 saturated carbocycles. The third-order valence-electron chi connectivity index (χ3n) is 3.00. The summed E-state index contributed by atoms with van der Waals surface area (Å²) in [5, 5.41) is 18.6. The lowest BCUT2D eigenvalue weighted by Crippen LogP contribution is -2.36. The summed E-state index contributed by atoms with van der Waals surface area (Å²) in [5.41, 5.74) is 0. The van der Waals surface area contributed by atoms with Gasteiger partial charge in [0.2, 0.25) is 12.7 Å². The van der Waals surface area contributed by atoms with Crippen LogP contribution in [0.4, 0.5) is 0 Å². The fourth-order valence-electron chi connectivity index (χ4n) is 1.71. The van der Waals surface area contributed by atoms with Crippen LogP contribution in [-0.2, 0) is 24.5 Å². The Labute approximate surface area is 147 Å². The minimum Gasteiger partial charge on any atom is -0.759 e. The molecule has 25 heavy (non-hydrogen) atoms. The van der Waals surface area contributed by atoms with Crippen LogP contribution in [-0.4, -0.2) is 36.9 Å². The van der Waals surface area contributed by atoms with Gasteiger partial charge in [0.15, 0.2) is 12.5 Å². The van der Waals surface area contributed by atoms with Gasteiger partial charge in [0.05, 0.1) is 14.1 Å². The maximum Gasteiger partial charge on any atom is 0.245 e. The molecule has 10 nitrogen and oxygen atoms in total. The normalized spacial score (nSPS) is 13.1. The maximum atomic E-state index is 9.29. The predicted molar refractivity (Wildman–Crippen MR) is 84.8 cm³/mol. The van der Waals surface area contributed by atoms with E-state index in [0.29, 0.717) is 0 Å². The number of aromatic nitrogens is 4. The molecule has 0 spiro atoms. The van der Waals surface area contributed by atoms with Crippen LogP contribution in [0.25, 0.3) is 0 Å². The molecule has 0 amide bonds. The Kier molecular flexibility index (Phi) is 10.2. The molecule has 0 aliphatic heterocycles. The highest BCUT2D eigenvalue weighted by molar-refractivity contribution is 7.79. The first-order valence-corrected chi connectivity index (χ1v) is 8.89. The molecule has 2 unspecified atom stereocenters. The van der Waals surface area contributed by atoms with Crippen molar-refractivity contribution in [1.82, 2.24) is 9.13 Å². The Balaban J connectivity index is 0.000000368. The lowest BCUT2D eigenvalue weighted by atomic mass is 10.4. The monoisotopic (exact) mass is 378 g/mol. The van der Waals surface area contributed by atoms with Crippen LogP contribution in [0, 0.1) is 0 Å². The van der Waals surface area contributed by atoms with Crippen LogP contribution < -0.4 is 9.13 Å². The van der Waals surface area contributed by atoms with Crippen molar-refractivity contribution in [2.24, 2.45) is 14.1 Å². The van der Waals surface area contributed by atoms with E-state index in [0.717, 1.165) is 12.8 Å². The summed E-state index contributed by atoms with van der Waals surface area (Å²) in [6.45, 7) is 3.90. The average Bonchev–Trinajstić information content (AvgIpc) is 3.13. The van der Waals surface area contributed by atoms with Gasteiger partial charge in [0.1, 0.15) is 24.8 Å². The number of hydrogen-bond acceptors (Lipinski definition) is 6. The van der Waals surface area contributed by atoms with Crippen LogP contribution in [0.1, 0.15) is 39.1 Å². The molecule has 11 heteroatoms. The van der Waals surface area contributed by atoms with E-state index in [1.807, 2.05) is 74.5 Å². The molecular formula is C14H26N4O6S. The third-order valence-corrected chi connectivity index (χ3v) is 3.00. The first-order valence-electron chi connectivity index (χ1n) is 7.56. The Hall–Kier alpha value is -1.79. The highest BCUT2D eigenvalue weighted by Gasteiger charge is 2.08. The van der Waals surface area contributed by atoms with Crippen LogP contribution in [0.2, 0.25) is 0 Å². The maximum absolute atomic E-state index is 9.29. The zero-order chi connectivity index (χ0) is 19.6. The third kappa shape index (κ3) is 11.4. The largest absolute Gasteiger partial charge is 0.759 e. The summed E-state index contributed by atoms with van der Waals surface area (Å²) in [6, 6.07) is 0. The van der Waals surface area contributed by atoms with Crippen molar-refractivity contribution in [2.75, 3.05) is 0 Å². The average molecular weight is 378 g/mol. The quantitative estimate of drug-likeness (QED) is 0.401. The molecular weight excluding hydrogens is 352 g/mol. The SMILES string of the molecule is CCC(O)[n+]1ccn(C)c1.CCC(O)[n+]1ccn(C)c1.O=S(=O)([O-])[O-]. The van der Waals surface area contributed by atoms with E-state index < -0.39 is 10.4 Å². The number of aliphatic hydroxyl groups is 2. The predicted octanol–water partition coefficient (Wildman–Crippen LogP) is -0.911. The second kappa shape index (κ2) is 10.9. The molecule has 0 aromatic carbocycles. The number of nitrogens with zero attached hydrogens (tertiary/aromatic N) is 4. The van der Waals surface area contributed by atoms with Crippen LogP contribution in [0.3, 0.4) is 0 Å². The van der Waals surface area contributed by atoms with Crippen LogP contribution in [0.5, 0.6) is 0 Å². The second-order valence-electron chi connectivity index (χ2n) is 5.24. The van der Waals surface area contributed by atoms with E-state index in [1.54, 1.807) is 9.13 Å². The van der Waals surface area contributed by atoms with E-state index in [1.165, 1.54) is 0 Å². The van der Waals surface area contributed by atoms with Gasteiger partial charge in [-0.3, -0.25) is 8.42 Å². The number of rotatable bonds is 4. The van der Waals surface area contributed by atoms with Crippen molar-refractivity contribution in [3.05, 3.63) is 37.4 Å². The van der Waals surface area contributed by atoms with Crippen LogP contribution in [0.15, 0.2) is 37.4 Å². The highest BCUT2D eigenvalue weighted by Crippen LogP contribution is 1.95. The molecule has 2 aromatic rings. The lowest BCUT2D eigenvalue weighted by molar-refractivity contribution is -0.759. The van der Waals surface area contributed by atoms with E-state index in [-0.39, 0.29) is 12.5 Å². The van der Waals surface area contributed by atoms with E-state index in [9.17, 15) is 10.2 Å². The summed E-state index contributed by atoms with van der Waals surface area (Å²) in [7, 11) is -1.31. The molecule has 2 atom stereocenters. The van der Waals surface area contributed by atoms with Crippen molar-refractivity contribution in [1.29, 1.82) is 0 Å². The molecule has 0 radical (unpaired) electrons. The van der Waals surface area contributed by atoms with Gasteiger partial charge in [0, 0.05) is 23.2 Å². The summed E-state index contributed by atoms with van der Waals surface area (Å²) in [5.74, 6) is 0. The van der Waals surface area contributed by atoms with E-state index in [2.05, 4.69) is 0 Å². The summed E-state index contributed by atoms with van der Waals surface area (Å²) >= 11 is 0. The highest BCUT2D eigenvalue weighted by atomic mass is 32.3. The van der Waals surface area contributed by atoms with Gasteiger partial charge in [-0.15, -0.1) is 0 Å². The Morgan fingerprint density at radius 1 is 0.920 bits per heavy atom. The van der Waals surface area contributed by atoms with Gasteiger partial charge in [-0.1, -0.05) is 13.8 Å². The number of hydrogen-bond donors (Lipinski definition) is 2. The molecule has 144 valence electrons. The summed E-state index contributed by atoms with van der Waals surface area (Å²) in [4.78, 5) is 0. The van der Waals surface area contributed by atoms with Gasteiger partial charge in [-0.2, -0.15) is 0 Å². The van der Waals surface area contributed by atoms with Crippen molar-refractivity contribution in [3.8, 4) is 0 Å². The van der Waals surface area contributed by atoms with E-state index in [4.69, 9.17) is 17.5 Å². The molecule has 0 saturated heterocycles. The van der Waals surface area contributed by atoms with Gasteiger partial charge in [0.25, 0.3) is 0 Å². The fourth-order valence-corrected chi connectivity index (χ4v) is 1.71. The van der Waals surface area contributed by atoms with Gasteiger partial charge in [-0.05, 0) is 0 Å². The fraction of sp³-hybridized carbons (Fsp3) is 0.571. The molecule has 0 fully saturated rings. The van der Waals surface area contributed by atoms with Gasteiger partial charge < -0.3 is 19.3 Å². The molecule has 2 aromatic heterocycles. The minimum atomic E-state index is -5.17. The van der Waals surface area contributed by atoms with E-state index >= 15 is 0 Å². The summed E-state index contributed by atoms with van der Waals surface area (Å²) < 4.78 is 41.4. The number of imidazole rings is 2. The topological polar surface area (TPSA) is 138 Å². The Bertz CT molecular complexity index is 658. The zero-order valence-corrected chi connectivity index (χ0v) is 15.6. The molecule has 2 N–H and O–H groups in total. The standard InChI is InChI=1S/2C7H13N2O.H2O4S/c2*1-3-7(10)9-5-4-8(2)6-9;1-5(2,3)4/h2*4-7,10H,3H2,1-2H3;(H2,1,2,3,4)/q2*+1;/p-2. The van der Waals surface area contributed by atoms with Crippen molar-refractivity contribution >= 4 is 10.4 Å². The summed E-state index contributed by atoms with van der Waals surface area (Å²) in [6.07, 6.45) is 12.0. The first-order chi connectivity index (χ1) is 11.5. The van der Waals surface area contributed by atoms with Crippen molar-refractivity contribution in [3.63, 3.8) is 0 Å². The smallest absolute Gasteiger partial charge is 0.245 e. The lowest BCUT2D eigenvalue weighted by Gasteiger charge is -2.06. The Morgan fingerprint density at radius 3 is 1.36 bits per heavy atom. The minimum absolute atomic E-state index is 0.374. The number of aliphatic hydroxyl groups excluding tert-OH is 2. The van der Waals surface area contributed by atoms with Crippen molar-refractivity contribution < 1.29 is 36.9 Å². The molecule has 0 aliphatic carbocycles. The van der Waals surface area contributed by atoms with Gasteiger partial charge >= 0.3 is 0 Å². The zero-order valence-electron chi connectivity index (χ0n) is 14.8. The molecule has 0 bridgehead atoms. The number of aryl methyl sites for hydroxylation is 2.